The van der Waals surface area contributed by atoms with Crippen LogP contribution in [0.5, 0.6) is 0 Å². The second-order valence-corrected chi connectivity index (χ2v) is 21.2. The van der Waals surface area contributed by atoms with Gasteiger partial charge in [0.25, 0.3) is 0 Å². The Hall–Kier alpha value is -4.54. The molecule has 7 aromatic rings. The van der Waals surface area contributed by atoms with Crippen molar-refractivity contribution in [3.05, 3.63) is 192 Å². The van der Waals surface area contributed by atoms with E-state index in [1.165, 1.54) is 79.3 Å². The van der Waals surface area contributed by atoms with Gasteiger partial charge in [0.1, 0.15) is 0 Å². The van der Waals surface area contributed by atoms with Crippen LogP contribution in [0.15, 0.2) is 183 Å². The van der Waals surface area contributed by atoms with Crippen LogP contribution in [0.2, 0.25) is 0 Å². The Bertz CT molecular complexity index is 2440. The summed E-state index contributed by atoms with van der Waals surface area (Å²) in [5, 5.41) is 5.68. The van der Waals surface area contributed by atoms with Crippen molar-refractivity contribution in [3.8, 4) is 11.1 Å². The second kappa shape index (κ2) is 12.6. The fourth-order valence-corrected chi connectivity index (χ4v) is 17.3. The third-order valence-corrected chi connectivity index (χ3v) is 19.1. The minimum absolute atomic E-state index is 0.0886. The van der Waals surface area contributed by atoms with Gasteiger partial charge in [0.05, 0.1) is 0 Å². The number of rotatable bonds is 5. The van der Waals surface area contributed by atoms with E-state index in [1.807, 2.05) is 23.5 Å². The van der Waals surface area contributed by atoms with Crippen molar-refractivity contribution in [1.82, 2.24) is 0 Å². The summed E-state index contributed by atoms with van der Waals surface area (Å²) < 4.78 is 0. The van der Waals surface area contributed by atoms with E-state index >= 15 is 0 Å². The molecule has 254 valence electrons. The molecule has 0 amide bonds. The molecule has 3 heteroatoms. The van der Waals surface area contributed by atoms with Crippen LogP contribution in [0.4, 0.5) is 0 Å². The average Bonchev–Trinajstić information content (AvgIpc) is 3.17. The van der Waals surface area contributed by atoms with Crippen molar-refractivity contribution < 1.29 is 0 Å². The lowest BCUT2D eigenvalue weighted by molar-refractivity contribution is 0.608. The van der Waals surface area contributed by atoms with E-state index in [-0.39, 0.29) is 10.8 Å². The van der Waals surface area contributed by atoms with Gasteiger partial charge in [0.15, 0.2) is 8.07 Å². The summed E-state index contributed by atoms with van der Waals surface area (Å²) >= 11 is 3.91. The lowest BCUT2D eigenvalue weighted by Crippen LogP contribution is -2.75. The summed E-state index contributed by atoms with van der Waals surface area (Å²) in [5.74, 6) is 0. The Morgan fingerprint density at radius 1 is 0.404 bits per heavy atom. The highest BCUT2D eigenvalue weighted by molar-refractivity contribution is 8.00. The first-order valence-corrected chi connectivity index (χ1v) is 21.9. The minimum Gasteiger partial charge on any atom is -0.0895 e. The van der Waals surface area contributed by atoms with Crippen LogP contribution in [0.3, 0.4) is 0 Å². The fraction of sp³-hybridized carbons (Fsp3) is 0.143. The highest BCUT2D eigenvalue weighted by Crippen LogP contribution is 2.52. The molecule has 0 spiro atoms. The molecule has 0 aromatic heterocycles. The van der Waals surface area contributed by atoms with E-state index in [4.69, 9.17) is 0 Å². The molecular weight excluding hydrogens is 681 g/mol. The van der Waals surface area contributed by atoms with Crippen molar-refractivity contribution >= 4 is 52.3 Å². The molecule has 2 heterocycles. The van der Waals surface area contributed by atoms with Crippen molar-refractivity contribution in [2.24, 2.45) is 0 Å². The third kappa shape index (κ3) is 4.97. The normalized spacial score (nSPS) is 15.2. The monoisotopic (exact) mass is 722 g/mol. The first kappa shape index (κ1) is 33.3. The van der Waals surface area contributed by atoms with E-state index in [9.17, 15) is 0 Å². The molecule has 2 aliphatic heterocycles. The van der Waals surface area contributed by atoms with E-state index in [2.05, 4.69) is 198 Å². The third-order valence-electron chi connectivity index (χ3n) is 11.7. The van der Waals surface area contributed by atoms with Gasteiger partial charge in [-0.3, -0.25) is 0 Å². The van der Waals surface area contributed by atoms with Crippen molar-refractivity contribution in [2.45, 2.75) is 65.0 Å². The predicted octanol–water partition coefficient (Wildman–Crippen LogP) is 10.6. The Kier molecular flexibility index (Phi) is 8.04. The van der Waals surface area contributed by atoms with Gasteiger partial charge >= 0.3 is 0 Å². The zero-order valence-electron chi connectivity index (χ0n) is 30.4. The van der Waals surface area contributed by atoms with Crippen LogP contribution in [-0.4, -0.2) is 8.07 Å². The van der Waals surface area contributed by atoms with E-state index < -0.39 is 8.07 Å². The van der Waals surface area contributed by atoms with Crippen molar-refractivity contribution in [2.75, 3.05) is 0 Å². The first-order valence-electron chi connectivity index (χ1n) is 18.3. The quantitative estimate of drug-likeness (QED) is 0.128. The maximum Gasteiger partial charge on any atom is 0.180 e. The summed E-state index contributed by atoms with van der Waals surface area (Å²) in [7, 11) is -2.90. The molecule has 0 aliphatic carbocycles. The lowest BCUT2D eigenvalue weighted by Gasteiger charge is -2.41. The maximum atomic E-state index is 2.58. The van der Waals surface area contributed by atoms with Gasteiger partial charge in [0, 0.05) is 30.4 Å². The number of benzene rings is 7. The molecule has 0 atom stereocenters. The summed E-state index contributed by atoms with van der Waals surface area (Å²) in [6.45, 7) is 11.9. The Labute approximate surface area is 318 Å². The van der Waals surface area contributed by atoms with Gasteiger partial charge < -0.3 is 0 Å². The maximum absolute atomic E-state index is 2.90. The number of hydrogen-bond acceptors (Lipinski definition) is 2. The zero-order valence-corrected chi connectivity index (χ0v) is 33.0. The minimum atomic E-state index is -2.90. The standard InChI is InChI=1S/C49H42S2Si/c1-33-30-31-36(32-38(33)37-22-16-25-41-46(37)50-43-27-14-12-23-39(43)48(41,2)3)52(34-18-8-6-9-19-34,35-20-10-7-11-21-35)45-29-17-26-42-47(45)51-44-28-15-13-24-40(44)49(42,4)5/h6-32H,1-5H3. The molecule has 0 radical (unpaired) electrons. The van der Waals surface area contributed by atoms with Crippen LogP contribution in [0, 0.1) is 6.92 Å². The zero-order chi connectivity index (χ0) is 35.7. The van der Waals surface area contributed by atoms with Gasteiger partial charge in [-0.2, -0.15) is 0 Å². The number of hydrogen-bond donors (Lipinski definition) is 0. The summed E-state index contributed by atoms with van der Waals surface area (Å²) in [5.41, 5.74) is 9.38. The summed E-state index contributed by atoms with van der Waals surface area (Å²) in [6.07, 6.45) is 0. The molecular formula is C49H42S2Si. The van der Waals surface area contributed by atoms with Crippen LogP contribution < -0.4 is 20.7 Å². The summed E-state index contributed by atoms with van der Waals surface area (Å²) in [6, 6.07) is 62.4. The van der Waals surface area contributed by atoms with Crippen molar-refractivity contribution in [3.63, 3.8) is 0 Å². The summed E-state index contributed by atoms with van der Waals surface area (Å²) in [4.78, 5) is 5.51. The van der Waals surface area contributed by atoms with Crippen LogP contribution in [-0.2, 0) is 10.8 Å². The number of aryl methyl sites for hydroxylation is 1. The Morgan fingerprint density at radius 3 is 1.48 bits per heavy atom. The van der Waals surface area contributed by atoms with Crippen LogP contribution >= 0.6 is 23.5 Å². The van der Waals surface area contributed by atoms with Gasteiger partial charge in [-0.25, -0.2) is 0 Å². The topological polar surface area (TPSA) is 0 Å². The van der Waals surface area contributed by atoms with E-state index in [1.54, 1.807) is 0 Å². The van der Waals surface area contributed by atoms with Crippen LogP contribution in [0.25, 0.3) is 11.1 Å². The SMILES string of the molecule is Cc1ccc([Si](c2ccccc2)(c2ccccc2)c2cccc3c2Sc2ccccc2C3(C)C)cc1-c1cccc2c1Sc1ccccc1C2(C)C. The average molecular weight is 723 g/mol. The molecule has 0 N–H and O–H groups in total. The molecule has 52 heavy (non-hydrogen) atoms. The van der Waals surface area contributed by atoms with Gasteiger partial charge in [-0.15, -0.1) is 0 Å². The highest BCUT2D eigenvalue weighted by Gasteiger charge is 2.46. The Balaban J connectivity index is 1.35. The molecule has 7 aromatic carbocycles. The molecule has 0 saturated heterocycles. The molecule has 0 nitrogen and oxygen atoms in total. The smallest absolute Gasteiger partial charge is 0.0895 e. The molecule has 0 bridgehead atoms. The van der Waals surface area contributed by atoms with E-state index in [0.29, 0.717) is 0 Å². The van der Waals surface area contributed by atoms with Gasteiger partial charge in [-0.1, -0.05) is 203 Å². The molecule has 0 fully saturated rings. The fourth-order valence-electron chi connectivity index (χ4n) is 8.93. The van der Waals surface area contributed by atoms with Crippen LogP contribution in [0.1, 0.15) is 55.5 Å². The van der Waals surface area contributed by atoms with Gasteiger partial charge in [0.2, 0.25) is 0 Å². The highest BCUT2D eigenvalue weighted by atomic mass is 32.2. The Morgan fingerprint density at radius 2 is 0.885 bits per heavy atom. The van der Waals surface area contributed by atoms with Crippen molar-refractivity contribution in [1.29, 1.82) is 0 Å². The predicted molar refractivity (Wildman–Crippen MR) is 226 cm³/mol. The van der Waals surface area contributed by atoms with Gasteiger partial charge in [-0.05, 0) is 78.7 Å². The second-order valence-electron chi connectivity index (χ2n) is 15.3. The first-order chi connectivity index (χ1) is 25.2. The molecule has 9 rings (SSSR count). The number of fused-ring (bicyclic) bond motifs is 4. The lowest BCUT2D eigenvalue weighted by atomic mass is 9.76. The largest absolute Gasteiger partial charge is 0.180 e. The molecule has 0 unspecified atom stereocenters. The van der Waals surface area contributed by atoms with E-state index in [0.717, 1.165) is 0 Å². The molecule has 0 saturated carbocycles. The molecule has 2 aliphatic rings.